The summed E-state index contributed by atoms with van der Waals surface area (Å²) in [5, 5.41) is 3.25. The Morgan fingerprint density at radius 3 is 2.77 bits per heavy atom. The van der Waals surface area contributed by atoms with Crippen molar-refractivity contribution in [3.8, 4) is 0 Å². The molecule has 0 unspecified atom stereocenters. The Labute approximate surface area is 134 Å². The van der Waals surface area contributed by atoms with Crippen molar-refractivity contribution >= 4 is 6.03 Å². The molecular formula is C17H31N3O2. The molecule has 2 heterocycles. The van der Waals surface area contributed by atoms with Gasteiger partial charge in [-0.1, -0.05) is 0 Å². The molecule has 126 valence electrons. The van der Waals surface area contributed by atoms with Crippen LogP contribution in [0.1, 0.15) is 39.0 Å². The number of hydrogen-bond donors (Lipinski definition) is 1. The first-order chi connectivity index (χ1) is 10.7. The SMILES string of the molecule is CCOC[C@@H]1CCCN(C(=O)N[C@H]2CCN(CC3CC3)C2)C1. The van der Waals surface area contributed by atoms with Crippen LogP contribution in [0.4, 0.5) is 4.79 Å². The number of rotatable bonds is 6. The molecule has 0 aromatic rings. The van der Waals surface area contributed by atoms with Gasteiger partial charge < -0.3 is 19.9 Å². The van der Waals surface area contributed by atoms with E-state index in [4.69, 9.17) is 4.74 Å². The minimum Gasteiger partial charge on any atom is -0.381 e. The van der Waals surface area contributed by atoms with E-state index in [0.717, 1.165) is 58.2 Å². The molecule has 1 saturated carbocycles. The number of carbonyl (C=O) groups excluding carboxylic acids is 1. The summed E-state index contributed by atoms with van der Waals surface area (Å²) in [6, 6.07) is 0.484. The molecule has 0 bridgehead atoms. The molecule has 2 saturated heterocycles. The fourth-order valence-corrected chi connectivity index (χ4v) is 3.72. The van der Waals surface area contributed by atoms with Crippen LogP contribution in [0, 0.1) is 11.8 Å². The minimum absolute atomic E-state index is 0.138. The number of carbonyl (C=O) groups is 1. The lowest BCUT2D eigenvalue weighted by atomic mass is 9.99. The number of likely N-dealkylation sites (tertiary alicyclic amines) is 2. The van der Waals surface area contributed by atoms with Crippen LogP contribution >= 0.6 is 0 Å². The third kappa shape index (κ3) is 4.59. The first-order valence-electron chi connectivity index (χ1n) is 9.10. The molecule has 5 nitrogen and oxygen atoms in total. The Kier molecular flexibility index (Phi) is 5.58. The van der Waals surface area contributed by atoms with Gasteiger partial charge in [0.1, 0.15) is 0 Å². The van der Waals surface area contributed by atoms with Crippen molar-refractivity contribution in [3.05, 3.63) is 0 Å². The van der Waals surface area contributed by atoms with Crippen molar-refractivity contribution in [1.29, 1.82) is 0 Å². The topological polar surface area (TPSA) is 44.8 Å². The van der Waals surface area contributed by atoms with Crippen molar-refractivity contribution in [2.24, 2.45) is 11.8 Å². The van der Waals surface area contributed by atoms with E-state index < -0.39 is 0 Å². The highest BCUT2D eigenvalue weighted by atomic mass is 16.5. The van der Waals surface area contributed by atoms with E-state index in [1.54, 1.807) is 0 Å². The monoisotopic (exact) mass is 309 g/mol. The van der Waals surface area contributed by atoms with Gasteiger partial charge in [0.25, 0.3) is 0 Å². The van der Waals surface area contributed by atoms with Crippen molar-refractivity contribution in [3.63, 3.8) is 0 Å². The van der Waals surface area contributed by atoms with Gasteiger partial charge in [-0.2, -0.15) is 0 Å². The molecule has 1 aliphatic carbocycles. The smallest absolute Gasteiger partial charge is 0.317 e. The fourth-order valence-electron chi connectivity index (χ4n) is 3.72. The van der Waals surface area contributed by atoms with Gasteiger partial charge >= 0.3 is 6.03 Å². The normalized spacial score (nSPS) is 29.8. The molecule has 2 aliphatic heterocycles. The van der Waals surface area contributed by atoms with Crippen LogP contribution in [0.2, 0.25) is 0 Å². The Hall–Kier alpha value is -0.810. The average molecular weight is 309 g/mol. The maximum atomic E-state index is 12.5. The Morgan fingerprint density at radius 1 is 1.14 bits per heavy atom. The molecule has 3 rings (SSSR count). The van der Waals surface area contributed by atoms with E-state index in [1.807, 2.05) is 11.8 Å². The molecule has 3 fully saturated rings. The van der Waals surface area contributed by atoms with Gasteiger partial charge in [-0.25, -0.2) is 4.79 Å². The molecule has 0 spiro atoms. The number of nitrogens with zero attached hydrogens (tertiary/aromatic N) is 2. The molecule has 22 heavy (non-hydrogen) atoms. The van der Waals surface area contributed by atoms with Crippen LogP contribution in [0.3, 0.4) is 0 Å². The molecule has 3 aliphatic rings. The molecule has 0 aromatic heterocycles. The lowest BCUT2D eigenvalue weighted by molar-refractivity contribution is 0.0752. The third-order valence-corrected chi connectivity index (χ3v) is 5.18. The van der Waals surface area contributed by atoms with E-state index >= 15 is 0 Å². The molecule has 0 radical (unpaired) electrons. The van der Waals surface area contributed by atoms with Crippen LogP contribution in [-0.4, -0.2) is 67.8 Å². The van der Waals surface area contributed by atoms with Crippen LogP contribution in [-0.2, 0) is 4.74 Å². The van der Waals surface area contributed by atoms with Gasteiger partial charge in [0.2, 0.25) is 0 Å². The summed E-state index contributed by atoms with van der Waals surface area (Å²) in [4.78, 5) is 17.0. The quantitative estimate of drug-likeness (QED) is 0.815. The van der Waals surface area contributed by atoms with Crippen LogP contribution in [0.25, 0.3) is 0 Å². The summed E-state index contributed by atoms with van der Waals surface area (Å²) in [6.07, 6.45) is 6.20. The standard InChI is InChI=1S/C17H31N3O2/c1-2-22-13-15-4-3-8-20(11-15)17(21)18-16-7-9-19(12-16)10-14-5-6-14/h14-16H,2-13H2,1H3,(H,18,21)/t15-,16+/m1/s1. The van der Waals surface area contributed by atoms with E-state index in [2.05, 4.69) is 10.2 Å². The molecule has 0 aromatic carbocycles. The van der Waals surface area contributed by atoms with Crippen molar-refractivity contribution in [2.75, 3.05) is 45.9 Å². The predicted octanol–water partition coefficient (Wildman–Crippen LogP) is 1.93. The fraction of sp³-hybridized carbons (Fsp3) is 0.941. The van der Waals surface area contributed by atoms with E-state index in [0.29, 0.717) is 12.0 Å². The van der Waals surface area contributed by atoms with Crippen molar-refractivity contribution in [2.45, 2.75) is 45.1 Å². The third-order valence-electron chi connectivity index (χ3n) is 5.18. The summed E-state index contributed by atoms with van der Waals surface area (Å²) in [7, 11) is 0. The zero-order valence-corrected chi connectivity index (χ0v) is 13.9. The number of urea groups is 1. The van der Waals surface area contributed by atoms with E-state index in [-0.39, 0.29) is 6.03 Å². The summed E-state index contributed by atoms with van der Waals surface area (Å²) in [5.41, 5.74) is 0. The van der Waals surface area contributed by atoms with E-state index in [1.165, 1.54) is 25.8 Å². The minimum atomic E-state index is 0.138. The molecule has 5 heteroatoms. The number of nitrogens with one attached hydrogen (secondary N) is 1. The summed E-state index contributed by atoms with van der Waals surface area (Å²) in [5.74, 6) is 1.45. The molecular weight excluding hydrogens is 278 g/mol. The Morgan fingerprint density at radius 2 is 2.00 bits per heavy atom. The van der Waals surface area contributed by atoms with Gasteiger partial charge in [0, 0.05) is 51.3 Å². The van der Waals surface area contributed by atoms with Gasteiger partial charge in [0.15, 0.2) is 0 Å². The first kappa shape index (κ1) is 16.1. The zero-order chi connectivity index (χ0) is 15.4. The van der Waals surface area contributed by atoms with Crippen molar-refractivity contribution in [1.82, 2.24) is 15.1 Å². The van der Waals surface area contributed by atoms with E-state index in [9.17, 15) is 4.79 Å². The second kappa shape index (κ2) is 7.64. The maximum absolute atomic E-state index is 12.5. The highest BCUT2D eigenvalue weighted by molar-refractivity contribution is 5.74. The van der Waals surface area contributed by atoms with Crippen LogP contribution in [0.15, 0.2) is 0 Å². The largest absolute Gasteiger partial charge is 0.381 e. The Balaban J connectivity index is 1.39. The summed E-state index contributed by atoms with van der Waals surface area (Å²) < 4.78 is 5.53. The summed E-state index contributed by atoms with van der Waals surface area (Å²) in [6.45, 7) is 8.76. The molecule has 2 amide bonds. The first-order valence-corrected chi connectivity index (χ1v) is 9.10. The van der Waals surface area contributed by atoms with Crippen LogP contribution in [0.5, 0.6) is 0 Å². The number of piperidine rings is 1. The number of hydrogen-bond acceptors (Lipinski definition) is 3. The predicted molar refractivity (Wildman–Crippen MR) is 86.9 cm³/mol. The zero-order valence-electron chi connectivity index (χ0n) is 13.9. The second-order valence-corrected chi connectivity index (χ2v) is 7.25. The van der Waals surface area contributed by atoms with Gasteiger partial charge in [0.05, 0.1) is 6.61 Å². The second-order valence-electron chi connectivity index (χ2n) is 7.25. The summed E-state index contributed by atoms with van der Waals surface area (Å²) >= 11 is 0. The van der Waals surface area contributed by atoms with Gasteiger partial charge in [-0.15, -0.1) is 0 Å². The highest BCUT2D eigenvalue weighted by Gasteiger charge is 2.31. The van der Waals surface area contributed by atoms with Crippen LogP contribution < -0.4 is 5.32 Å². The number of amides is 2. The maximum Gasteiger partial charge on any atom is 0.317 e. The van der Waals surface area contributed by atoms with Crippen molar-refractivity contribution < 1.29 is 9.53 Å². The number of ether oxygens (including phenoxy) is 1. The molecule has 1 N–H and O–H groups in total. The highest BCUT2D eigenvalue weighted by Crippen LogP contribution is 2.30. The van der Waals surface area contributed by atoms with Gasteiger partial charge in [-0.3, -0.25) is 0 Å². The molecule has 2 atom stereocenters. The van der Waals surface area contributed by atoms with Gasteiger partial charge in [-0.05, 0) is 44.9 Å². The lowest BCUT2D eigenvalue weighted by Gasteiger charge is -2.33. The Bertz CT molecular complexity index is 373. The average Bonchev–Trinajstić information content (AvgIpc) is 3.24. The lowest BCUT2D eigenvalue weighted by Crippen LogP contribution is -2.49.